The summed E-state index contributed by atoms with van der Waals surface area (Å²) in [5.74, 6) is -0.151. The minimum absolute atomic E-state index is 0.151. The third-order valence-electron chi connectivity index (χ3n) is 2.09. The van der Waals surface area contributed by atoms with E-state index in [9.17, 15) is 4.79 Å². The summed E-state index contributed by atoms with van der Waals surface area (Å²) in [7, 11) is 0. The second-order valence-corrected chi connectivity index (χ2v) is 5.06. The van der Waals surface area contributed by atoms with E-state index in [1.807, 2.05) is 12.1 Å². The molecule has 1 aromatic carbocycles. The van der Waals surface area contributed by atoms with E-state index in [4.69, 9.17) is 0 Å². The summed E-state index contributed by atoms with van der Waals surface area (Å²) >= 11 is 6.56. The number of aromatic nitrogens is 1. The zero-order valence-electron chi connectivity index (χ0n) is 8.65. The number of nitrogens with one attached hydrogen (secondary N) is 1. The Balaban J connectivity index is 2.11. The molecule has 86 valence electrons. The third kappa shape index (κ3) is 3.38. The molecule has 1 heterocycles. The van der Waals surface area contributed by atoms with E-state index in [1.54, 1.807) is 30.5 Å². The molecule has 1 aromatic heterocycles. The Bertz CT molecular complexity index is 523. The topological polar surface area (TPSA) is 42.0 Å². The van der Waals surface area contributed by atoms with Crippen LogP contribution >= 0.6 is 31.9 Å². The number of hydrogen-bond donors (Lipinski definition) is 1. The Morgan fingerprint density at radius 2 is 1.76 bits per heavy atom. The smallest absolute Gasteiger partial charge is 0.255 e. The van der Waals surface area contributed by atoms with Crippen molar-refractivity contribution in [2.24, 2.45) is 0 Å². The van der Waals surface area contributed by atoms with Crippen molar-refractivity contribution in [3.05, 3.63) is 57.2 Å². The predicted molar refractivity (Wildman–Crippen MR) is 74.0 cm³/mol. The molecule has 1 amide bonds. The Labute approximate surface area is 116 Å². The average Bonchev–Trinajstić information content (AvgIpc) is 2.33. The van der Waals surface area contributed by atoms with Gasteiger partial charge in [0.25, 0.3) is 5.91 Å². The molecule has 0 bridgehead atoms. The molecule has 17 heavy (non-hydrogen) atoms. The number of hydrogen-bond acceptors (Lipinski definition) is 2. The summed E-state index contributed by atoms with van der Waals surface area (Å²) in [5, 5.41) is 2.77. The number of nitrogens with zero attached hydrogens (tertiary/aromatic N) is 1. The lowest BCUT2D eigenvalue weighted by Crippen LogP contribution is -2.11. The number of rotatable bonds is 2. The number of anilines is 1. The van der Waals surface area contributed by atoms with Crippen molar-refractivity contribution in [1.29, 1.82) is 0 Å². The van der Waals surface area contributed by atoms with Crippen LogP contribution in [0.25, 0.3) is 0 Å². The summed E-state index contributed by atoms with van der Waals surface area (Å²) in [6, 6.07) is 10.7. The van der Waals surface area contributed by atoms with Gasteiger partial charge in [-0.25, -0.2) is 4.98 Å². The molecule has 2 rings (SSSR count). The Kier molecular flexibility index (Phi) is 3.91. The van der Waals surface area contributed by atoms with Crippen molar-refractivity contribution in [3.8, 4) is 0 Å². The summed E-state index contributed by atoms with van der Waals surface area (Å²) < 4.78 is 1.68. The second-order valence-electron chi connectivity index (χ2n) is 3.33. The maximum atomic E-state index is 11.8. The average molecular weight is 356 g/mol. The van der Waals surface area contributed by atoms with Gasteiger partial charge in [0.2, 0.25) is 0 Å². The number of carbonyl (C=O) groups excluding carboxylic acids is 1. The second kappa shape index (κ2) is 5.42. The zero-order chi connectivity index (χ0) is 12.3. The van der Waals surface area contributed by atoms with Crippen LogP contribution in [0, 0.1) is 0 Å². The Morgan fingerprint density at radius 1 is 1.06 bits per heavy atom. The number of amides is 1. The van der Waals surface area contributed by atoms with Crippen molar-refractivity contribution in [1.82, 2.24) is 4.98 Å². The first-order chi connectivity index (χ1) is 8.15. The fraction of sp³-hybridized carbons (Fsp3) is 0. The quantitative estimate of drug-likeness (QED) is 0.831. The van der Waals surface area contributed by atoms with Crippen LogP contribution in [0.5, 0.6) is 0 Å². The van der Waals surface area contributed by atoms with Crippen molar-refractivity contribution >= 4 is 43.5 Å². The van der Waals surface area contributed by atoms with E-state index in [0.717, 1.165) is 9.08 Å². The minimum Gasteiger partial charge on any atom is -0.321 e. The van der Waals surface area contributed by atoms with Gasteiger partial charge in [-0.15, -0.1) is 0 Å². The SMILES string of the molecule is O=C(Nc1ccc(Br)nc1)c1ccc(Br)cc1. The molecule has 0 atom stereocenters. The standard InChI is InChI=1S/C12H8Br2N2O/c13-9-3-1-8(2-4-9)12(17)16-10-5-6-11(14)15-7-10/h1-7H,(H,16,17). The monoisotopic (exact) mass is 354 g/mol. The maximum Gasteiger partial charge on any atom is 0.255 e. The van der Waals surface area contributed by atoms with E-state index in [1.165, 1.54) is 0 Å². The van der Waals surface area contributed by atoms with Gasteiger partial charge in [0, 0.05) is 10.0 Å². The molecule has 0 saturated carbocycles. The highest BCUT2D eigenvalue weighted by Gasteiger charge is 2.05. The number of benzene rings is 1. The summed E-state index contributed by atoms with van der Waals surface area (Å²) in [5.41, 5.74) is 1.28. The summed E-state index contributed by atoms with van der Waals surface area (Å²) in [6.45, 7) is 0. The third-order valence-corrected chi connectivity index (χ3v) is 3.09. The largest absolute Gasteiger partial charge is 0.321 e. The van der Waals surface area contributed by atoms with Crippen molar-refractivity contribution in [2.75, 3.05) is 5.32 Å². The molecule has 0 saturated heterocycles. The molecule has 0 aliphatic carbocycles. The normalized spacial score (nSPS) is 10.0. The number of pyridine rings is 1. The van der Waals surface area contributed by atoms with Gasteiger partial charge in [0.05, 0.1) is 11.9 Å². The molecule has 0 fully saturated rings. The van der Waals surface area contributed by atoms with Crippen LogP contribution in [0.2, 0.25) is 0 Å². The lowest BCUT2D eigenvalue weighted by Gasteiger charge is -2.04. The fourth-order valence-electron chi connectivity index (χ4n) is 1.25. The van der Waals surface area contributed by atoms with Gasteiger partial charge in [-0.3, -0.25) is 4.79 Å². The van der Waals surface area contributed by atoms with Crippen LogP contribution in [0.1, 0.15) is 10.4 Å². The van der Waals surface area contributed by atoms with Gasteiger partial charge in [-0.05, 0) is 52.3 Å². The first-order valence-electron chi connectivity index (χ1n) is 4.83. The van der Waals surface area contributed by atoms with E-state index in [2.05, 4.69) is 42.2 Å². The molecule has 3 nitrogen and oxygen atoms in total. The first kappa shape index (κ1) is 12.3. The van der Waals surface area contributed by atoms with Gasteiger partial charge < -0.3 is 5.32 Å². The number of carbonyl (C=O) groups is 1. The van der Waals surface area contributed by atoms with Crippen LogP contribution in [-0.2, 0) is 0 Å². The highest BCUT2D eigenvalue weighted by molar-refractivity contribution is 9.10. The minimum atomic E-state index is -0.151. The highest BCUT2D eigenvalue weighted by Crippen LogP contribution is 2.14. The molecule has 2 aromatic rings. The first-order valence-corrected chi connectivity index (χ1v) is 6.42. The van der Waals surface area contributed by atoms with E-state index in [0.29, 0.717) is 11.3 Å². The Hall–Kier alpha value is -1.20. The molecule has 0 unspecified atom stereocenters. The summed E-state index contributed by atoms with van der Waals surface area (Å²) in [6.07, 6.45) is 1.60. The summed E-state index contributed by atoms with van der Waals surface area (Å²) in [4.78, 5) is 15.9. The van der Waals surface area contributed by atoms with E-state index >= 15 is 0 Å². The highest BCUT2D eigenvalue weighted by atomic mass is 79.9. The Morgan fingerprint density at radius 3 is 2.35 bits per heavy atom. The van der Waals surface area contributed by atoms with Gasteiger partial charge in [0.1, 0.15) is 4.60 Å². The van der Waals surface area contributed by atoms with Crippen LogP contribution in [0.4, 0.5) is 5.69 Å². The molecule has 1 N–H and O–H groups in total. The van der Waals surface area contributed by atoms with E-state index in [-0.39, 0.29) is 5.91 Å². The molecule has 0 spiro atoms. The van der Waals surface area contributed by atoms with E-state index < -0.39 is 0 Å². The van der Waals surface area contributed by atoms with Crippen molar-refractivity contribution in [3.63, 3.8) is 0 Å². The van der Waals surface area contributed by atoms with Crippen molar-refractivity contribution < 1.29 is 4.79 Å². The number of halogens is 2. The van der Waals surface area contributed by atoms with Gasteiger partial charge in [-0.1, -0.05) is 15.9 Å². The fourth-order valence-corrected chi connectivity index (χ4v) is 1.75. The lowest BCUT2D eigenvalue weighted by molar-refractivity contribution is 0.102. The van der Waals surface area contributed by atoms with Crippen LogP contribution < -0.4 is 5.32 Å². The predicted octanol–water partition coefficient (Wildman–Crippen LogP) is 3.86. The molecule has 0 aliphatic rings. The zero-order valence-corrected chi connectivity index (χ0v) is 11.8. The molecular weight excluding hydrogens is 348 g/mol. The van der Waals surface area contributed by atoms with Gasteiger partial charge in [-0.2, -0.15) is 0 Å². The van der Waals surface area contributed by atoms with Gasteiger partial charge in [0.15, 0.2) is 0 Å². The molecule has 5 heteroatoms. The van der Waals surface area contributed by atoms with Crippen LogP contribution in [-0.4, -0.2) is 10.9 Å². The molecule has 0 aliphatic heterocycles. The van der Waals surface area contributed by atoms with Crippen LogP contribution in [0.3, 0.4) is 0 Å². The molecule has 0 radical (unpaired) electrons. The lowest BCUT2D eigenvalue weighted by atomic mass is 10.2. The van der Waals surface area contributed by atoms with Crippen molar-refractivity contribution in [2.45, 2.75) is 0 Å². The van der Waals surface area contributed by atoms with Crippen LogP contribution in [0.15, 0.2) is 51.7 Å². The van der Waals surface area contributed by atoms with Gasteiger partial charge >= 0.3 is 0 Å². The molecular formula is C12H8Br2N2O. The maximum absolute atomic E-state index is 11.8.